The van der Waals surface area contributed by atoms with Crippen molar-refractivity contribution in [3.05, 3.63) is 17.9 Å². The van der Waals surface area contributed by atoms with Crippen LogP contribution in [0.5, 0.6) is 0 Å². The number of hydrogen-bond acceptors (Lipinski definition) is 3. The first kappa shape index (κ1) is 10.5. The maximum atomic E-state index is 9.31. The zero-order valence-electron chi connectivity index (χ0n) is 8.24. The molecule has 0 radical (unpaired) electrons. The van der Waals surface area contributed by atoms with Crippen LogP contribution in [0.4, 0.5) is 0 Å². The first-order chi connectivity index (χ1) is 5.95. The van der Waals surface area contributed by atoms with E-state index in [0.29, 0.717) is 5.56 Å². The van der Waals surface area contributed by atoms with Gasteiger partial charge in [-0.05, 0) is 6.07 Å². The summed E-state index contributed by atoms with van der Waals surface area (Å²) < 4.78 is 5.34. The summed E-state index contributed by atoms with van der Waals surface area (Å²) in [5, 5.41) is 19.0. The summed E-state index contributed by atoms with van der Waals surface area (Å²) in [7, 11) is -1.43. The smallest absolute Gasteiger partial charge is 0.123 e. The third-order valence-electron chi connectivity index (χ3n) is 1.92. The maximum absolute atomic E-state index is 9.31. The summed E-state index contributed by atoms with van der Waals surface area (Å²) in [5.74, 6) is 0. The second-order valence-corrected chi connectivity index (χ2v) is 9.19. The number of aliphatic hydroxyl groups is 2. The van der Waals surface area contributed by atoms with E-state index in [2.05, 4.69) is 19.6 Å². The average molecular weight is 200 g/mol. The van der Waals surface area contributed by atoms with Gasteiger partial charge in [0, 0.05) is 5.56 Å². The minimum atomic E-state index is -1.43. The molecule has 0 saturated heterocycles. The van der Waals surface area contributed by atoms with E-state index < -0.39 is 14.2 Å². The Balaban J connectivity index is 2.87. The van der Waals surface area contributed by atoms with Crippen molar-refractivity contribution in [3.63, 3.8) is 0 Å². The summed E-state index contributed by atoms with van der Waals surface area (Å²) in [6, 6.07) is 1.84. The van der Waals surface area contributed by atoms with Crippen molar-refractivity contribution >= 4 is 13.5 Å². The molecule has 0 aliphatic heterocycles. The van der Waals surface area contributed by atoms with Gasteiger partial charge < -0.3 is 14.6 Å². The molecule has 3 nitrogen and oxygen atoms in total. The molecule has 0 saturated carbocycles. The Morgan fingerprint density at radius 3 is 2.46 bits per heavy atom. The van der Waals surface area contributed by atoms with Gasteiger partial charge in [0.1, 0.15) is 14.2 Å². The highest BCUT2D eigenvalue weighted by Gasteiger charge is 2.22. The largest absolute Gasteiger partial charge is 0.474 e. The SMILES string of the molecule is C[Si](C)(C)c1cc(C(O)CO)co1. The van der Waals surface area contributed by atoms with Crippen LogP contribution in [0.25, 0.3) is 0 Å². The minimum Gasteiger partial charge on any atom is -0.474 e. The van der Waals surface area contributed by atoms with E-state index in [4.69, 9.17) is 9.52 Å². The fourth-order valence-corrected chi connectivity index (χ4v) is 2.04. The van der Waals surface area contributed by atoms with Gasteiger partial charge in [0.25, 0.3) is 0 Å². The second-order valence-electron chi connectivity index (χ2n) is 4.19. The van der Waals surface area contributed by atoms with Crippen LogP contribution in [0.15, 0.2) is 16.7 Å². The van der Waals surface area contributed by atoms with E-state index in [1.54, 1.807) is 0 Å². The normalized spacial score (nSPS) is 14.5. The van der Waals surface area contributed by atoms with Crippen molar-refractivity contribution in [1.82, 2.24) is 0 Å². The monoisotopic (exact) mass is 200 g/mol. The lowest BCUT2D eigenvalue weighted by atomic mass is 10.2. The van der Waals surface area contributed by atoms with Gasteiger partial charge in [0.05, 0.1) is 18.3 Å². The van der Waals surface area contributed by atoms with Crippen LogP contribution in [0, 0.1) is 0 Å². The van der Waals surface area contributed by atoms with Crippen LogP contribution in [-0.2, 0) is 0 Å². The lowest BCUT2D eigenvalue weighted by Crippen LogP contribution is -2.36. The number of aliphatic hydroxyl groups excluding tert-OH is 2. The molecular weight excluding hydrogens is 184 g/mol. The molecule has 0 aliphatic rings. The molecule has 0 fully saturated rings. The predicted octanol–water partition coefficient (Wildman–Crippen LogP) is 0.850. The molecule has 1 rings (SSSR count). The molecule has 1 aromatic heterocycles. The molecule has 1 heterocycles. The lowest BCUT2D eigenvalue weighted by Gasteiger charge is -2.10. The van der Waals surface area contributed by atoms with Gasteiger partial charge in [-0.2, -0.15) is 0 Å². The molecule has 0 spiro atoms. The van der Waals surface area contributed by atoms with E-state index in [1.165, 1.54) is 6.26 Å². The van der Waals surface area contributed by atoms with Crippen LogP contribution < -0.4 is 5.38 Å². The standard InChI is InChI=1S/C9H16O3Si/c1-13(2,3)9-4-7(6-12-9)8(11)5-10/h4,6,8,10-11H,5H2,1-3H3. The van der Waals surface area contributed by atoms with E-state index >= 15 is 0 Å². The Kier molecular flexibility index (Phi) is 2.95. The summed E-state index contributed by atoms with van der Waals surface area (Å²) in [5.41, 5.74) is 0.667. The topological polar surface area (TPSA) is 53.6 Å². The second kappa shape index (κ2) is 3.65. The van der Waals surface area contributed by atoms with E-state index in [-0.39, 0.29) is 6.61 Å². The van der Waals surface area contributed by atoms with E-state index in [9.17, 15) is 5.11 Å². The van der Waals surface area contributed by atoms with Gasteiger partial charge >= 0.3 is 0 Å². The quantitative estimate of drug-likeness (QED) is 0.711. The third-order valence-corrected chi connectivity index (χ3v) is 3.66. The molecule has 2 N–H and O–H groups in total. The number of rotatable bonds is 3. The number of furan rings is 1. The van der Waals surface area contributed by atoms with Gasteiger partial charge in [-0.15, -0.1) is 0 Å². The van der Waals surface area contributed by atoms with Crippen molar-refractivity contribution in [1.29, 1.82) is 0 Å². The fourth-order valence-electron chi connectivity index (χ4n) is 1.02. The Morgan fingerprint density at radius 1 is 1.46 bits per heavy atom. The molecular formula is C9H16O3Si. The highest BCUT2D eigenvalue weighted by atomic mass is 28.3. The van der Waals surface area contributed by atoms with Crippen LogP contribution in [0.2, 0.25) is 19.6 Å². The van der Waals surface area contributed by atoms with Gasteiger partial charge in [-0.25, -0.2) is 0 Å². The number of hydrogen-bond donors (Lipinski definition) is 2. The highest BCUT2D eigenvalue weighted by Crippen LogP contribution is 2.13. The van der Waals surface area contributed by atoms with Gasteiger partial charge in [0.15, 0.2) is 0 Å². The Hall–Kier alpha value is -0.583. The van der Waals surface area contributed by atoms with Crippen molar-refractivity contribution in [2.45, 2.75) is 25.7 Å². The van der Waals surface area contributed by atoms with Crippen LogP contribution in [-0.4, -0.2) is 24.9 Å². The Bertz CT molecular complexity index is 275. The predicted molar refractivity (Wildman–Crippen MR) is 53.7 cm³/mol. The molecule has 0 bridgehead atoms. The fraction of sp³-hybridized carbons (Fsp3) is 0.556. The zero-order valence-corrected chi connectivity index (χ0v) is 9.24. The molecule has 0 amide bonds. The van der Waals surface area contributed by atoms with Crippen molar-refractivity contribution in [2.75, 3.05) is 6.61 Å². The van der Waals surface area contributed by atoms with Crippen molar-refractivity contribution in [2.24, 2.45) is 0 Å². The first-order valence-corrected chi connectivity index (χ1v) is 7.83. The lowest BCUT2D eigenvalue weighted by molar-refractivity contribution is 0.0951. The van der Waals surface area contributed by atoms with Gasteiger partial charge in [-0.1, -0.05) is 19.6 Å². The van der Waals surface area contributed by atoms with Crippen LogP contribution >= 0.6 is 0 Å². The van der Waals surface area contributed by atoms with E-state index in [1.807, 2.05) is 6.07 Å². The van der Waals surface area contributed by atoms with E-state index in [0.717, 1.165) is 5.38 Å². The minimum absolute atomic E-state index is 0.259. The maximum Gasteiger partial charge on any atom is 0.123 e. The van der Waals surface area contributed by atoms with Crippen LogP contribution in [0.3, 0.4) is 0 Å². The van der Waals surface area contributed by atoms with Gasteiger partial charge in [0.2, 0.25) is 0 Å². The first-order valence-electron chi connectivity index (χ1n) is 4.33. The summed E-state index contributed by atoms with van der Waals surface area (Å²) in [6.07, 6.45) is 0.711. The molecule has 74 valence electrons. The summed E-state index contributed by atoms with van der Waals surface area (Å²) >= 11 is 0. The van der Waals surface area contributed by atoms with Gasteiger partial charge in [-0.3, -0.25) is 0 Å². The Labute approximate surface area is 79.0 Å². The summed E-state index contributed by atoms with van der Waals surface area (Å²) in [4.78, 5) is 0. The van der Waals surface area contributed by atoms with Crippen LogP contribution in [0.1, 0.15) is 11.7 Å². The summed E-state index contributed by atoms with van der Waals surface area (Å²) in [6.45, 7) is 6.24. The molecule has 1 unspecified atom stereocenters. The molecule has 4 heteroatoms. The molecule has 13 heavy (non-hydrogen) atoms. The third kappa shape index (κ3) is 2.43. The molecule has 1 aromatic rings. The molecule has 0 aromatic carbocycles. The van der Waals surface area contributed by atoms with Crippen molar-refractivity contribution < 1.29 is 14.6 Å². The zero-order chi connectivity index (χ0) is 10.1. The molecule has 0 aliphatic carbocycles. The van der Waals surface area contributed by atoms with Crippen molar-refractivity contribution in [3.8, 4) is 0 Å². The Morgan fingerprint density at radius 2 is 2.08 bits per heavy atom. The highest BCUT2D eigenvalue weighted by molar-refractivity contribution is 6.87. The molecule has 1 atom stereocenters. The average Bonchev–Trinajstić information content (AvgIpc) is 2.50.